The number of rotatable bonds is 3. The lowest BCUT2D eigenvalue weighted by Crippen LogP contribution is -2.46. The number of hydrogen-bond acceptors (Lipinski definition) is 2. The zero-order valence-corrected chi connectivity index (χ0v) is 12.6. The molecule has 2 aliphatic carbocycles. The number of hydrogen-bond donors (Lipinski definition) is 1. The van der Waals surface area contributed by atoms with Crippen LogP contribution in [-0.2, 0) is 11.2 Å². The predicted molar refractivity (Wildman–Crippen MR) is 83.0 cm³/mol. The maximum absolute atomic E-state index is 12.1. The Balaban J connectivity index is 1.32. The van der Waals surface area contributed by atoms with Crippen molar-refractivity contribution < 1.29 is 4.79 Å². The molecule has 2 fully saturated rings. The van der Waals surface area contributed by atoms with Crippen LogP contribution in [0.15, 0.2) is 24.3 Å². The van der Waals surface area contributed by atoms with Gasteiger partial charge in [0.1, 0.15) is 0 Å². The number of fused-ring (bicyclic) bond motifs is 1. The number of likely N-dealkylation sites (tertiary alicyclic amines) is 1. The van der Waals surface area contributed by atoms with E-state index < -0.39 is 0 Å². The van der Waals surface area contributed by atoms with Crippen LogP contribution < -0.4 is 5.32 Å². The number of benzene rings is 1. The lowest BCUT2D eigenvalue weighted by Gasteiger charge is -2.34. The summed E-state index contributed by atoms with van der Waals surface area (Å²) < 4.78 is 0. The molecular formula is C18H24N2O. The first-order valence-corrected chi connectivity index (χ1v) is 8.44. The van der Waals surface area contributed by atoms with Crippen LogP contribution in [0.3, 0.4) is 0 Å². The molecular weight excluding hydrogens is 260 g/mol. The van der Waals surface area contributed by atoms with E-state index in [0.717, 1.165) is 38.8 Å². The number of piperidine rings is 1. The molecule has 0 bridgehead atoms. The Labute approximate surface area is 126 Å². The molecule has 0 aromatic heterocycles. The lowest BCUT2D eigenvalue weighted by atomic mass is 10.0. The van der Waals surface area contributed by atoms with E-state index in [1.807, 2.05) is 0 Å². The third kappa shape index (κ3) is 2.71. The summed E-state index contributed by atoms with van der Waals surface area (Å²) in [6, 6.07) is 9.92. The molecule has 1 saturated heterocycles. The van der Waals surface area contributed by atoms with Crippen molar-refractivity contribution in [3.8, 4) is 0 Å². The predicted octanol–water partition coefficient (Wildman–Crippen LogP) is 2.66. The Bertz CT molecular complexity index is 530. The van der Waals surface area contributed by atoms with Crippen LogP contribution in [0.5, 0.6) is 0 Å². The van der Waals surface area contributed by atoms with Crippen LogP contribution in [0.2, 0.25) is 0 Å². The van der Waals surface area contributed by atoms with Gasteiger partial charge in [0.15, 0.2) is 0 Å². The van der Waals surface area contributed by atoms with Crippen LogP contribution in [0.25, 0.3) is 0 Å². The van der Waals surface area contributed by atoms with Crippen LogP contribution in [-0.4, -0.2) is 29.9 Å². The molecule has 1 heterocycles. The first kappa shape index (κ1) is 13.3. The molecule has 1 aliphatic heterocycles. The average Bonchev–Trinajstić information content (AvgIpc) is 3.30. The zero-order chi connectivity index (χ0) is 14.2. The van der Waals surface area contributed by atoms with E-state index in [2.05, 4.69) is 34.5 Å². The van der Waals surface area contributed by atoms with Crippen molar-refractivity contribution in [2.45, 2.75) is 50.6 Å². The number of carbonyl (C=O) groups excluding carboxylic acids is 1. The largest absolute Gasteiger partial charge is 0.342 e. The molecule has 3 aliphatic rings. The number of aryl methyl sites for hydroxylation is 1. The average molecular weight is 284 g/mol. The van der Waals surface area contributed by atoms with Gasteiger partial charge in [-0.3, -0.25) is 4.79 Å². The third-order valence-electron chi connectivity index (χ3n) is 5.30. The molecule has 1 aromatic rings. The normalized spacial score (nSPS) is 25.9. The molecule has 1 amide bonds. The monoisotopic (exact) mass is 284 g/mol. The molecule has 1 N–H and O–H groups in total. The molecule has 1 unspecified atom stereocenters. The van der Waals surface area contributed by atoms with Crippen molar-refractivity contribution in [1.29, 1.82) is 0 Å². The van der Waals surface area contributed by atoms with Gasteiger partial charge in [0.05, 0.1) is 0 Å². The lowest BCUT2D eigenvalue weighted by molar-refractivity contribution is -0.133. The smallest absolute Gasteiger partial charge is 0.225 e. The van der Waals surface area contributed by atoms with Gasteiger partial charge in [-0.25, -0.2) is 0 Å². The van der Waals surface area contributed by atoms with E-state index in [9.17, 15) is 4.79 Å². The minimum Gasteiger partial charge on any atom is -0.342 e. The van der Waals surface area contributed by atoms with Crippen molar-refractivity contribution in [3.63, 3.8) is 0 Å². The summed E-state index contributed by atoms with van der Waals surface area (Å²) in [4.78, 5) is 14.2. The van der Waals surface area contributed by atoms with Gasteiger partial charge >= 0.3 is 0 Å². The molecule has 4 rings (SSSR count). The second kappa shape index (κ2) is 5.45. The maximum atomic E-state index is 12.1. The zero-order valence-electron chi connectivity index (χ0n) is 12.6. The van der Waals surface area contributed by atoms with Gasteiger partial charge in [-0.2, -0.15) is 0 Å². The second-order valence-corrected chi connectivity index (χ2v) is 6.83. The number of amides is 1. The van der Waals surface area contributed by atoms with E-state index >= 15 is 0 Å². The van der Waals surface area contributed by atoms with E-state index in [-0.39, 0.29) is 0 Å². The molecule has 0 spiro atoms. The number of carbonyl (C=O) groups is 1. The van der Waals surface area contributed by atoms with Crippen molar-refractivity contribution in [1.82, 2.24) is 10.2 Å². The van der Waals surface area contributed by atoms with E-state index in [4.69, 9.17) is 0 Å². The van der Waals surface area contributed by atoms with Gasteiger partial charge in [0, 0.05) is 31.1 Å². The highest BCUT2D eigenvalue weighted by Gasteiger charge is 2.35. The molecule has 1 aromatic carbocycles. The minimum atomic E-state index is 0.371. The fourth-order valence-electron chi connectivity index (χ4n) is 3.87. The fourth-order valence-corrected chi connectivity index (χ4v) is 3.87. The summed E-state index contributed by atoms with van der Waals surface area (Å²) in [5.41, 5.74) is 3.00. The van der Waals surface area contributed by atoms with Gasteiger partial charge in [0.25, 0.3) is 0 Å². The maximum Gasteiger partial charge on any atom is 0.225 e. The fraction of sp³-hybridized carbons (Fsp3) is 0.611. The second-order valence-electron chi connectivity index (χ2n) is 6.83. The van der Waals surface area contributed by atoms with Gasteiger partial charge in [-0.15, -0.1) is 0 Å². The van der Waals surface area contributed by atoms with E-state index in [1.165, 1.54) is 24.0 Å². The Morgan fingerprint density at radius 1 is 1.05 bits per heavy atom. The van der Waals surface area contributed by atoms with Crippen molar-refractivity contribution in [2.24, 2.45) is 5.92 Å². The van der Waals surface area contributed by atoms with Crippen LogP contribution in [0.4, 0.5) is 0 Å². The van der Waals surface area contributed by atoms with Crippen LogP contribution >= 0.6 is 0 Å². The Kier molecular flexibility index (Phi) is 3.46. The highest BCUT2D eigenvalue weighted by Crippen LogP contribution is 2.33. The quantitative estimate of drug-likeness (QED) is 0.925. The summed E-state index contributed by atoms with van der Waals surface area (Å²) in [6.45, 7) is 1.89. The molecule has 1 atom stereocenters. The first-order valence-electron chi connectivity index (χ1n) is 8.44. The number of nitrogens with one attached hydrogen (secondary N) is 1. The summed E-state index contributed by atoms with van der Waals surface area (Å²) in [6.07, 6.45) is 6.88. The summed E-state index contributed by atoms with van der Waals surface area (Å²) in [5.74, 6) is 0.788. The van der Waals surface area contributed by atoms with E-state index in [0.29, 0.717) is 23.9 Å². The van der Waals surface area contributed by atoms with Gasteiger partial charge in [-0.05, 0) is 49.7 Å². The minimum absolute atomic E-state index is 0.371. The molecule has 1 saturated carbocycles. The summed E-state index contributed by atoms with van der Waals surface area (Å²) >= 11 is 0. The van der Waals surface area contributed by atoms with Gasteiger partial charge < -0.3 is 10.2 Å². The molecule has 0 radical (unpaired) electrons. The topological polar surface area (TPSA) is 32.3 Å². The Morgan fingerprint density at radius 3 is 2.57 bits per heavy atom. The molecule has 112 valence electrons. The van der Waals surface area contributed by atoms with Crippen molar-refractivity contribution in [2.75, 3.05) is 13.1 Å². The molecule has 3 heteroatoms. The highest BCUT2D eigenvalue weighted by molar-refractivity contribution is 5.81. The SMILES string of the molecule is O=C(C1CC1)N1CCC(NC2CCc3ccccc32)CC1. The summed E-state index contributed by atoms with van der Waals surface area (Å²) in [7, 11) is 0. The molecule has 3 nitrogen and oxygen atoms in total. The Hall–Kier alpha value is -1.35. The van der Waals surface area contributed by atoms with Crippen molar-refractivity contribution in [3.05, 3.63) is 35.4 Å². The van der Waals surface area contributed by atoms with E-state index in [1.54, 1.807) is 0 Å². The Morgan fingerprint density at radius 2 is 1.81 bits per heavy atom. The van der Waals surface area contributed by atoms with Gasteiger partial charge in [-0.1, -0.05) is 24.3 Å². The highest BCUT2D eigenvalue weighted by atomic mass is 16.2. The van der Waals surface area contributed by atoms with Gasteiger partial charge in [0.2, 0.25) is 5.91 Å². The standard InChI is InChI=1S/C18H24N2O/c21-18(14-5-6-14)20-11-9-15(10-12-20)19-17-8-7-13-3-1-2-4-16(13)17/h1-4,14-15,17,19H,5-12H2. The molecule has 21 heavy (non-hydrogen) atoms. The first-order chi connectivity index (χ1) is 10.3. The van der Waals surface area contributed by atoms with Crippen LogP contribution in [0.1, 0.15) is 49.3 Å². The third-order valence-corrected chi connectivity index (χ3v) is 5.30. The summed E-state index contributed by atoms with van der Waals surface area (Å²) in [5, 5.41) is 3.84. The van der Waals surface area contributed by atoms with Crippen LogP contribution in [0, 0.1) is 5.92 Å². The van der Waals surface area contributed by atoms with Crippen molar-refractivity contribution >= 4 is 5.91 Å². The number of nitrogens with zero attached hydrogens (tertiary/aromatic N) is 1.